The molecule has 0 aliphatic heterocycles. The van der Waals surface area contributed by atoms with Crippen molar-refractivity contribution in [3.8, 4) is 17.0 Å². The van der Waals surface area contributed by atoms with Gasteiger partial charge in [-0.2, -0.15) is 0 Å². The number of methoxy groups -OCH3 is 1. The number of benzene rings is 1. The van der Waals surface area contributed by atoms with Crippen molar-refractivity contribution in [2.75, 3.05) is 57.2 Å². The normalized spacial score (nSPS) is 11.0. The molecule has 34 heavy (non-hydrogen) atoms. The number of nitrogens with zero attached hydrogens (tertiary/aromatic N) is 5. The van der Waals surface area contributed by atoms with Crippen molar-refractivity contribution in [3.63, 3.8) is 0 Å². The fraction of sp³-hybridized carbons (Fsp3) is 0.440. The fourth-order valence-electron chi connectivity index (χ4n) is 3.70. The molecular weight excluding hydrogens is 432 g/mol. The smallest absolute Gasteiger partial charge is 0.412 e. The Kier molecular flexibility index (Phi) is 8.98. The van der Waals surface area contributed by atoms with Gasteiger partial charge in [0.2, 0.25) is 0 Å². The summed E-state index contributed by atoms with van der Waals surface area (Å²) < 4.78 is 10.3. The molecule has 1 amide bonds. The van der Waals surface area contributed by atoms with Gasteiger partial charge in [0.05, 0.1) is 31.3 Å². The third kappa shape index (κ3) is 6.32. The van der Waals surface area contributed by atoms with Crippen molar-refractivity contribution in [1.29, 1.82) is 0 Å². The lowest BCUT2D eigenvalue weighted by Crippen LogP contribution is -2.28. The second-order valence-corrected chi connectivity index (χ2v) is 7.83. The van der Waals surface area contributed by atoms with Crippen LogP contribution in [0.4, 0.5) is 16.3 Å². The van der Waals surface area contributed by atoms with Gasteiger partial charge in [0, 0.05) is 25.2 Å². The van der Waals surface area contributed by atoms with Crippen LogP contribution in [0, 0.1) is 0 Å². The van der Waals surface area contributed by atoms with E-state index in [1.807, 2.05) is 37.4 Å². The monoisotopic (exact) mass is 466 g/mol. The molecule has 0 saturated heterocycles. The van der Waals surface area contributed by atoms with E-state index in [2.05, 4.69) is 33.9 Å². The van der Waals surface area contributed by atoms with Gasteiger partial charge in [-0.05, 0) is 57.2 Å². The Morgan fingerprint density at radius 2 is 1.79 bits per heavy atom. The highest BCUT2D eigenvalue weighted by atomic mass is 16.5. The highest BCUT2D eigenvalue weighted by Crippen LogP contribution is 2.28. The average Bonchev–Trinajstić information content (AvgIpc) is 2.85. The summed E-state index contributed by atoms with van der Waals surface area (Å²) in [5.41, 5.74) is 3.57. The number of nitrogens with one attached hydrogen (secondary N) is 1. The first-order valence-electron chi connectivity index (χ1n) is 11.7. The van der Waals surface area contributed by atoms with Crippen LogP contribution in [-0.2, 0) is 4.74 Å². The van der Waals surface area contributed by atoms with Crippen LogP contribution in [0.1, 0.15) is 27.2 Å². The topological polar surface area (TPSA) is 92.7 Å². The Labute approximate surface area is 201 Å². The lowest BCUT2D eigenvalue weighted by molar-refractivity contribution is 0.168. The van der Waals surface area contributed by atoms with Crippen molar-refractivity contribution in [2.45, 2.75) is 27.2 Å². The van der Waals surface area contributed by atoms with Crippen LogP contribution in [0.15, 0.2) is 36.5 Å². The van der Waals surface area contributed by atoms with Crippen LogP contribution >= 0.6 is 0 Å². The van der Waals surface area contributed by atoms with Gasteiger partial charge in [0.25, 0.3) is 0 Å². The zero-order valence-corrected chi connectivity index (χ0v) is 20.7. The number of ether oxygens (including phenoxy) is 2. The van der Waals surface area contributed by atoms with Crippen molar-refractivity contribution in [3.05, 3.63) is 36.5 Å². The second-order valence-electron chi connectivity index (χ2n) is 7.83. The molecule has 0 unspecified atom stereocenters. The Bertz CT molecular complexity index is 1090. The van der Waals surface area contributed by atoms with E-state index in [-0.39, 0.29) is 6.61 Å². The molecule has 1 N–H and O–H groups in total. The number of pyridine rings is 1. The molecule has 2 aromatic heterocycles. The molecular formula is C25H34N6O3. The van der Waals surface area contributed by atoms with E-state index in [0.29, 0.717) is 22.7 Å². The average molecular weight is 467 g/mol. The van der Waals surface area contributed by atoms with E-state index in [1.165, 1.54) is 0 Å². The van der Waals surface area contributed by atoms with Crippen LogP contribution in [-0.4, -0.2) is 72.9 Å². The number of anilines is 2. The molecule has 0 aliphatic rings. The van der Waals surface area contributed by atoms with Crippen molar-refractivity contribution in [2.24, 2.45) is 0 Å². The van der Waals surface area contributed by atoms with E-state index in [9.17, 15) is 4.79 Å². The lowest BCUT2D eigenvalue weighted by Gasteiger charge is -2.23. The number of hydrogen-bond donors (Lipinski definition) is 1. The van der Waals surface area contributed by atoms with Gasteiger partial charge in [0.15, 0.2) is 5.65 Å². The SMILES string of the molecule is CCOC(=O)Nc1cc(N(C)CCCN(CC)CC)c2ncc(-c3ccc(OC)cc3)nc2n1. The predicted molar refractivity (Wildman–Crippen MR) is 136 cm³/mol. The standard InChI is InChI=1S/C25H34N6O3/c1-6-31(7-2)15-9-14-30(4)21-16-22(29-25(32)34-8-3)28-24-23(21)26-17-20(27-24)18-10-12-19(33-5)13-11-18/h10-13,16-17H,6-9,14-15H2,1-5H3,(H,27,28,29,32). The van der Waals surface area contributed by atoms with Gasteiger partial charge >= 0.3 is 6.09 Å². The Morgan fingerprint density at radius 1 is 1.06 bits per heavy atom. The molecule has 0 spiro atoms. The maximum absolute atomic E-state index is 12.1. The van der Waals surface area contributed by atoms with E-state index >= 15 is 0 Å². The zero-order valence-electron chi connectivity index (χ0n) is 20.7. The summed E-state index contributed by atoms with van der Waals surface area (Å²) in [6.07, 6.45) is 2.20. The number of aromatic nitrogens is 3. The number of hydrogen-bond acceptors (Lipinski definition) is 8. The molecule has 0 bridgehead atoms. The van der Waals surface area contributed by atoms with E-state index < -0.39 is 6.09 Å². The highest BCUT2D eigenvalue weighted by Gasteiger charge is 2.16. The van der Waals surface area contributed by atoms with Crippen LogP contribution in [0.5, 0.6) is 5.75 Å². The maximum Gasteiger partial charge on any atom is 0.412 e. The van der Waals surface area contributed by atoms with E-state index in [4.69, 9.17) is 19.4 Å². The predicted octanol–water partition coefficient (Wildman–Crippen LogP) is 4.44. The van der Waals surface area contributed by atoms with Crippen LogP contribution in [0.2, 0.25) is 0 Å². The minimum Gasteiger partial charge on any atom is -0.497 e. The first kappa shape index (κ1) is 25.2. The Morgan fingerprint density at radius 3 is 2.44 bits per heavy atom. The molecule has 9 nitrogen and oxygen atoms in total. The molecule has 9 heteroatoms. The summed E-state index contributed by atoms with van der Waals surface area (Å²) in [5.74, 6) is 1.14. The molecule has 0 saturated carbocycles. The van der Waals surface area contributed by atoms with E-state index in [0.717, 1.165) is 49.6 Å². The van der Waals surface area contributed by atoms with Gasteiger partial charge in [-0.15, -0.1) is 0 Å². The highest BCUT2D eigenvalue weighted by molar-refractivity contribution is 5.92. The van der Waals surface area contributed by atoms with Crippen LogP contribution < -0.4 is 15.0 Å². The molecule has 0 aliphatic carbocycles. The summed E-state index contributed by atoms with van der Waals surface area (Å²) in [7, 11) is 3.65. The molecule has 0 atom stereocenters. The first-order valence-corrected chi connectivity index (χ1v) is 11.7. The Hall–Kier alpha value is -3.46. The molecule has 0 radical (unpaired) electrons. The van der Waals surface area contributed by atoms with Crippen molar-refractivity contribution in [1.82, 2.24) is 19.9 Å². The zero-order chi connectivity index (χ0) is 24.5. The molecule has 0 fully saturated rings. The van der Waals surface area contributed by atoms with Crippen LogP contribution in [0.25, 0.3) is 22.4 Å². The first-order chi connectivity index (χ1) is 16.5. The third-order valence-electron chi connectivity index (χ3n) is 5.66. The largest absolute Gasteiger partial charge is 0.497 e. The number of amides is 1. The molecule has 3 aromatic rings. The molecule has 1 aromatic carbocycles. The Balaban J connectivity index is 1.94. The summed E-state index contributed by atoms with van der Waals surface area (Å²) >= 11 is 0. The second kappa shape index (κ2) is 12.1. The van der Waals surface area contributed by atoms with Crippen molar-refractivity contribution >= 4 is 28.8 Å². The van der Waals surface area contributed by atoms with Gasteiger partial charge in [-0.3, -0.25) is 5.32 Å². The van der Waals surface area contributed by atoms with Crippen LogP contribution in [0.3, 0.4) is 0 Å². The van der Waals surface area contributed by atoms with E-state index in [1.54, 1.807) is 20.2 Å². The van der Waals surface area contributed by atoms with Gasteiger partial charge in [0.1, 0.15) is 17.1 Å². The molecule has 2 heterocycles. The summed E-state index contributed by atoms with van der Waals surface area (Å²) in [6, 6.07) is 9.43. The summed E-state index contributed by atoms with van der Waals surface area (Å²) in [6.45, 7) is 10.3. The van der Waals surface area contributed by atoms with Gasteiger partial charge in [-0.25, -0.2) is 19.7 Å². The van der Waals surface area contributed by atoms with Gasteiger partial charge in [-0.1, -0.05) is 13.8 Å². The number of fused-ring (bicyclic) bond motifs is 1. The molecule has 182 valence electrons. The summed E-state index contributed by atoms with van der Waals surface area (Å²) in [5, 5.41) is 2.71. The quantitative estimate of drug-likeness (QED) is 0.443. The van der Waals surface area contributed by atoms with Gasteiger partial charge < -0.3 is 19.3 Å². The minimum absolute atomic E-state index is 0.277. The number of carbonyl (C=O) groups is 1. The lowest BCUT2D eigenvalue weighted by atomic mass is 10.1. The fourth-order valence-corrected chi connectivity index (χ4v) is 3.70. The maximum atomic E-state index is 12.1. The number of carbonyl (C=O) groups excluding carboxylic acids is 1. The third-order valence-corrected chi connectivity index (χ3v) is 5.66. The van der Waals surface area contributed by atoms with Crippen molar-refractivity contribution < 1.29 is 14.3 Å². The molecule has 3 rings (SSSR count). The minimum atomic E-state index is -0.552. The number of rotatable bonds is 11. The summed E-state index contributed by atoms with van der Waals surface area (Å²) in [4.78, 5) is 30.6.